The van der Waals surface area contributed by atoms with Crippen molar-refractivity contribution in [1.29, 1.82) is 0 Å². The van der Waals surface area contributed by atoms with Crippen LogP contribution < -0.4 is 10.2 Å². The Morgan fingerprint density at radius 3 is 2.60 bits per heavy atom. The Kier molecular flexibility index (Phi) is 5.07. The van der Waals surface area contributed by atoms with Gasteiger partial charge in [0.05, 0.1) is 0 Å². The number of benzene rings is 1. The van der Waals surface area contributed by atoms with Gasteiger partial charge in [0, 0.05) is 38.2 Å². The predicted octanol–water partition coefficient (Wildman–Crippen LogP) is 2.62. The third-order valence-electron chi connectivity index (χ3n) is 3.25. The molecule has 0 amide bonds. The average Bonchev–Trinajstić information content (AvgIpc) is 2.45. The number of anilines is 1. The first-order valence-corrected chi connectivity index (χ1v) is 6.73. The van der Waals surface area contributed by atoms with Gasteiger partial charge in [-0.2, -0.15) is 0 Å². The van der Waals surface area contributed by atoms with Crippen molar-refractivity contribution in [3.8, 4) is 0 Å². The maximum absolute atomic E-state index is 13.6. The lowest BCUT2D eigenvalue weighted by Crippen LogP contribution is -2.21. The molecule has 2 rings (SSSR count). The molecular formula is C16H20FN3. The van der Waals surface area contributed by atoms with Gasteiger partial charge in [0.1, 0.15) is 5.82 Å². The number of hydrogen-bond acceptors (Lipinski definition) is 3. The van der Waals surface area contributed by atoms with Crippen LogP contribution in [-0.4, -0.2) is 25.6 Å². The number of halogens is 1. The van der Waals surface area contributed by atoms with E-state index in [-0.39, 0.29) is 5.82 Å². The molecule has 0 radical (unpaired) electrons. The molecular weight excluding hydrogens is 253 g/mol. The molecule has 0 bridgehead atoms. The lowest BCUT2D eigenvalue weighted by Gasteiger charge is -2.20. The second-order valence-electron chi connectivity index (χ2n) is 4.88. The topological polar surface area (TPSA) is 28.2 Å². The van der Waals surface area contributed by atoms with Crippen LogP contribution in [0.25, 0.3) is 0 Å². The number of hydrogen-bond donors (Lipinski definition) is 1. The lowest BCUT2D eigenvalue weighted by atomic mass is 10.1. The second kappa shape index (κ2) is 7.01. The van der Waals surface area contributed by atoms with E-state index in [4.69, 9.17) is 0 Å². The first-order chi connectivity index (χ1) is 9.69. The van der Waals surface area contributed by atoms with Gasteiger partial charge >= 0.3 is 0 Å². The molecule has 1 heterocycles. The molecule has 20 heavy (non-hydrogen) atoms. The van der Waals surface area contributed by atoms with Gasteiger partial charge in [-0.05, 0) is 54.9 Å². The lowest BCUT2D eigenvalue weighted by molar-refractivity contribution is 0.623. The first-order valence-electron chi connectivity index (χ1n) is 6.73. The van der Waals surface area contributed by atoms with Crippen LogP contribution in [0.4, 0.5) is 10.1 Å². The van der Waals surface area contributed by atoms with Crippen LogP contribution in [0, 0.1) is 5.82 Å². The number of likely N-dealkylation sites (N-methyl/N-ethyl adjacent to an activating group) is 1. The molecule has 0 aliphatic carbocycles. The van der Waals surface area contributed by atoms with Gasteiger partial charge in [-0.3, -0.25) is 4.98 Å². The van der Waals surface area contributed by atoms with Crippen molar-refractivity contribution in [2.45, 2.75) is 13.0 Å². The van der Waals surface area contributed by atoms with Crippen LogP contribution in [0.5, 0.6) is 0 Å². The van der Waals surface area contributed by atoms with E-state index in [1.165, 1.54) is 5.56 Å². The molecule has 0 saturated heterocycles. The summed E-state index contributed by atoms with van der Waals surface area (Å²) in [6.45, 7) is 1.51. The van der Waals surface area contributed by atoms with E-state index >= 15 is 0 Å². The molecule has 3 nitrogen and oxygen atoms in total. The number of aromatic nitrogens is 1. The summed E-state index contributed by atoms with van der Waals surface area (Å²) in [5, 5.41) is 3.04. The third-order valence-corrected chi connectivity index (χ3v) is 3.25. The van der Waals surface area contributed by atoms with E-state index in [1.807, 2.05) is 32.3 Å². The van der Waals surface area contributed by atoms with Crippen molar-refractivity contribution in [2.75, 3.05) is 25.5 Å². The van der Waals surface area contributed by atoms with E-state index in [2.05, 4.69) is 15.2 Å². The zero-order valence-corrected chi connectivity index (χ0v) is 11.9. The fourth-order valence-corrected chi connectivity index (χ4v) is 2.14. The summed E-state index contributed by atoms with van der Waals surface area (Å²) < 4.78 is 13.6. The number of nitrogens with zero attached hydrogens (tertiary/aromatic N) is 2. The Morgan fingerprint density at radius 2 is 1.90 bits per heavy atom. The van der Waals surface area contributed by atoms with Crippen LogP contribution >= 0.6 is 0 Å². The molecule has 0 atom stereocenters. The summed E-state index contributed by atoms with van der Waals surface area (Å²) >= 11 is 0. The third kappa shape index (κ3) is 4.03. The van der Waals surface area contributed by atoms with E-state index in [0.29, 0.717) is 6.54 Å². The summed E-state index contributed by atoms with van der Waals surface area (Å²) in [4.78, 5) is 6.08. The first kappa shape index (κ1) is 14.5. The number of nitrogens with one attached hydrogen (secondary N) is 1. The van der Waals surface area contributed by atoms with Crippen molar-refractivity contribution in [3.05, 3.63) is 59.7 Å². The average molecular weight is 273 g/mol. The molecule has 0 spiro atoms. The molecule has 106 valence electrons. The van der Waals surface area contributed by atoms with Crippen molar-refractivity contribution >= 4 is 5.69 Å². The standard InChI is InChI=1S/C16H20FN3/c1-18-12-14-9-15(17)11-16(10-14)20(2)8-5-13-3-6-19-7-4-13/h3-4,6-7,9-11,18H,5,8,12H2,1-2H3. The van der Waals surface area contributed by atoms with E-state index in [9.17, 15) is 4.39 Å². The molecule has 0 aliphatic rings. The fraction of sp³-hybridized carbons (Fsp3) is 0.312. The molecule has 0 saturated carbocycles. The maximum Gasteiger partial charge on any atom is 0.125 e. The minimum atomic E-state index is -0.191. The van der Waals surface area contributed by atoms with Crippen LogP contribution in [0.3, 0.4) is 0 Å². The second-order valence-corrected chi connectivity index (χ2v) is 4.88. The maximum atomic E-state index is 13.6. The highest BCUT2D eigenvalue weighted by atomic mass is 19.1. The largest absolute Gasteiger partial charge is 0.374 e. The van der Waals surface area contributed by atoms with Gasteiger partial charge in [-0.15, -0.1) is 0 Å². The minimum Gasteiger partial charge on any atom is -0.374 e. The summed E-state index contributed by atoms with van der Waals surface area (Å²) in [5.74, 6) is -0.191. The fourth-order valence-electron chi connectivity index (χ4n) is 2.14. The Bertz CT molecular complexity index is 543. The van der Waals surface area contributed by atoms with Crippen molar-refractivity contribution in [2.24, 2.45) is 0 Å². The quantitative estimate of drug-likeness (QED) is 0.877. The van der Waals surface area contributed by atoms with Crippen molar-refractivity contribution in [3.63, 3.8) is 0 Å². The molecule has 1 aromatic heterocycles. The molecule has 0 unspecified atom stereocenters. The molecule has 0 aliphatic heterocycles. The van der Waals surface area contributed by atoms with E-state index < -0.39 is 0 Å². The monoisotopic (exact) mass is 273 g/mol. The van der Waals surface area contributed by atoms with Crippen molar-refractivity contribution in [1.82, 2.24) is 10.3 Å². The van der Waals surface area contributed by atoms with Gasteiger partial charge in [-0.1, -0.05) is 0 Å². The van der Waals surface area contributed by atoms with Gasteiger partial charge in [0.2, 0.25) is 0 Å². The molecule has 4 heteroatoms. The predicted molar refractivity (Wildman–Crippen MR) is 80.4 cm³/mol. The smallest absolute Gasteiger partial charge is 0.125 e. The Labute approximate surface area is 119 Å². The van der Waals surface area contributed by atoms with Crippen LogP contribution in [0.1, 0.15) is 11.1 Å². The van der Waals surface area contributed by atoms with E-state index in [1.54, 1.807) is 24.5 Å². The molecule has 1 aromatic carbocycles. The summed E-state index contributed by atoms with van der Waals surface area (Å²) in [6.07, 6.45) is 4.50. The van der Waals surface area contributed by atoms with E-state index in [0.717, 1.165) is 24.2 Å². The summed E-state index contributed by atoms with van der Waals surface area (Å²) in [6, 6.07) is 9.17. The highest BCUT2D eigenvalue weighted by Crippen LogP contribution is 2.18. The van der Waals surface area contributed by atoms with Gasteiger partial charge < -0.3 is 10.2 Å². The van der Waals surface area contributed by atoms with Gasteiger partial charge in [-0.25, -0.2) is 4.39 Å². The van der Waals surface area contributed by atoms with Crippen molar-refractivity contribution < 1.29 is 4.39 Å². The Hall–Kier alpha value is -1.94. The Balaban J connectivity index is 2.03. The number of rotatable bonds is 6. The highest BCUT2D eigenvalue weighted by Gasteiger charge is 2.05. The highest BCUT2D eigenvalue weighted by molar-refractivity contribution is 5.48. The summed E-state index contributed by atoms with van der Waals surface area (Å²) in [7, 11) is 3.84. The SMILES string of the molecule is CNCc1cc(F)cc(N(C)CCc2ccncc2)c1. The zero-order valence-electron chi connectivity index (χ0n) is 11.9. The molecule has 2 aromatic rings. The van der Waals surface area contributed by atoms with Crippen LogP contribution in [0.15, 0.2) is 42.7 Å². The molecule has 0 fully saturated rings. The Morgan fingerprint density at radius 1 is 1.15 bits per heavy atom. The number of pyridine rings is 1. The van der Waals surface area contributed by atoms with Gasteiger partial charge in [0.15, 0.2) is 0 Å². The van der Waals surface area contributed by atoms with Crippen LogP contribution in [-0.2, 0) is 13.0 Å². The molecule has 1 N–H and O–H groups in total. The summed E-state index contributed by atoms with van der Waals surface area (Å²) in [5.41, 5.74) is 3.10. The normalized spacial score (nSPS) is 10.6. The van der Waals surface area contributed by atoms with Gasteiger partial charge in [0.25, 0.3) is 0 Å². The van der Waals surface area contributed by atoms with Crippen LogP contribution in [0.2, 0.25) is 0 Å². The minimum absolute atomic E-state index is 0.191. The zero-order chi connectivity index (χ0) is 14.4.